The van der Waals surface area contributed by atoms with Crippen LogP contribution in [-0.4, -0.2) is 27.8 Å². The summed E-state index contributed by atoms with van der Waals surface area (Å²) in [6.07, 6.45) is 0. The molecule has 5 aromatic rings. The summed E-state index contributed by atoms with van der Waals surface area (Å²) >= 11 is 1.62. The minimum atomic E-state index is -0.458. The highest BCUT2D eigenvalue weighted by Gasteiger charge is 2.25. The zero-order valence-electron chi connectivity index (χ0n) is 19.9. The van der Waals surface area contributed by atoms with Crippen LogP contribution >= 0.6 is 11.3 Å². The molecule has 0 atom stereocenters. The molecule has 0 saturated carbocycles. The molecular formula is C29H24N4O2S. The number of ether oxygens (including phenoxy) is 1. The Morgan fingerprint density at radius 3 is 2.14 bits per heavy atom. The number of rotatable bonds is 7. The summed E-state index contributed by atoms with van der Waals surface area (Å²) < 4.78 is 5.48. The van der Waals surface area contributed by atoms with Gasteiger partial charge in [0.1, 0.15) is 11.3 Å². The first-order valence-electron chi connectivity index (χ1n) is 11.6. The van der Waals surface area contributed by atoms with Crippen molar-refractivity contribution in [2.24, 2.45) is 0 Å². The van der Waals surface area contributed by atoms with Gasteiger partial charge in [-0.05, 0) is 31.5 Å². The number of nitrogens with zero attached hydrogens (tertiary/aromatic N) is 3. The van der Waals surface area contributed by atoms with Gasteiger partial charge in [-0.1, -0.05) is 72.8 Å². The number of carbonyl (C=O) groups excluding carboxylic acids is 1. The van der Waals surface area contributed by atoms with Crippen molar-refractivity contribution in [2.45, 2.75) is 13.8 Å². The zero-order chi connectivity index (χ0) is 24.9. The van der Waals surface area contributed by atoms with E-state index < -0.39 is 5.97 Å². The van der Waals surface area contributed by atoms with E-state index in [0.29, 0.717) is 22.6 Å². The fourth-order valence-corrected chi connectivity index (χ4v) is 4.59. The van der Waals surface area contributed by atoms with Crippen molar-refractivity contribution in [3.63, 3.8) is 0 Å². The van der Waals surface area contributed by atoms with Gasteiger partial charge in [0, 0.05) is 27.8 Å². The summed E-state index contributed by atoms with van der Waals surface area (Å²) in [6.45, 7) is 4.03. The number of aromatic nitrogens is 3. The Morgan fingerprint density at radius 1 is 0.861 bits per heavy atom. The minimum Gasteiger partial charge on any atom is -0.462 e. The van der Waals surface area contributed by atoms with Gasteiger partial charge in [0.05, 0.1) is 17.3 Å². The van der Waals surface area contributed by atoms with Crippen LogP contribution in [0.3, 0.4) is 0 Å². The zero-order valence-corrected chi connectivity index (χ0v) is 20.8. The highest BCUT2D eigenvalue weighted by Crippen LogP contribution is 2.37. The number of benzene rings is 3. The van der Waals surface area contributed by atoms with E-state index in [2.05, 4.69) is 20.5 Å². The Labute approximate surface area is 213 Å². The molecule has 0 radical (unpaired) electrons. The molecule has 178 valence electrons. The standard InChI is InChI=1S/C29H24N4O2S/c1-3-35-29(34)26-25(21-10-6-4-7-11-21)27(22-12-8-5-9-13-22)32-33-28(26)31-23-16-14-20(15-17-23)24-18-36-19(2)30-24/h4-18H,3H2,1-2H3,(H,31,33). The second-order valence-electron chi connectivity index (χ2n) is 8.05. The lowest BCUT2D eigenvalue weighted by molar-refractivity contribution is 0.0528. The van der Waals surface area contributed by atoms with Crippen molar-refractivity contribution in [3.05, 3.63) is 101 Å². The fraction of sp³-hybridized carbons (Fsp3) is 0.103. The molecule has 0 fully saturated rings. The molecular weight excluding hydrogens is 468 g/mol. The molecule has 1 N–H and O–H groups in total. The van der Waals surface area contributed by atoms with Crippen LogP contribution in [0.2, 0.25) is 0 Å². The van der Waals surface area contributed by atoms with Crippen LogP contribution in [0.1, 0.15) is 22.3 Å². The summed E-state index contributed by atoms with van der Waals surface area (Å²) in [5, 5.41) is 15.4. The van der Waals surface area contributed by atoms with E-state index >= 15 is 0 Å². The van der Waals surface area contributed by atoms with Gasteiger partial charge in [-0.15, -0.1) is 21.5 Å². The van der Waals surface area contributed by atoms with E-state index in [0.717, 1.165) is 33.1 Å². The monoisotopic (exact) mass is 492 g/mol. The summed E-state index contributed by atoms with van der Waals surface area (Å²) in [6, 6.07) is 27.3. The van der Waals surface area contributed by atoms with E-state index in [-0.39, 0.29) is 6.61 Å². The molecule has 0 aliphatic rings. The summed E-state index contributed by atoms with van der Waals surface area (Å²) in [4.78, 5) is 17.9. The molecule has 36 heavy (non-hydrogen) atoms. The summed E-state index contributed by atoms with van der Waals surface area (Å²) in [7, 11) is 0. The molecule has 7 heteroatoms. The maximum absolute atomic E-state index is 13.3. The number of nitrogens with one attached hydrogen (secondary N) is 1. The third-order valence-electron chi connectivity index (χ3n) is 5.63. The van der Waals surface area contributed by atoms with E-state index in [1.807, 2.05) is 97.2 Å². The molecule has 2 aromatic heterocycles. The van der Waals surface area contributed by atoms with Crippen LogP contribution in [0.15, 0.2) is 90.3 Å². The van der Waals surface area contributed by atoms with Crippen LogP contribution < -0.4 is 5.32 Å². The quantitative estimate of drug-likeness (QED) is 0.243. The Bertz CT molecular complexity index is 1480. The summed E-state index contributed by atoms with van der Waals surface area (Å²) in [5.74, 6) is -0.121. The van der Waals surface area contributed by atoms with Crippen LogP contribution in [-0.2, 0) is 4.74 Å². The van der Waals surface area contributed by atoms with E-state index in [1.165, 1.54) is 0 Å². The normalized spacial score (nSPS) is 10.7. The molecule has 0 amide bonds. The number of esters is 1. The van der Waals surface area contributed by atoms with Gasteiger partial charge >= 0.3 is 5.97 Å². The molecule has 0 saturated heterocycles. The first-order chi connectivity index (χ1) is 17.6. The summed E-state index contributed by atoms with van der Waals surface area (Å²) in [5.41, 5.74) is 6.08. The van der Waals surface area contributed by atoms with Gasteiger partial charge in [0.2, 0.25) is 0 Å². The highest BCUT2D eigenvalue weighted by molar-refractivity contribution is 7.09. The van der Waals surface area contributed by atoms with Crippen LogP contribution in [0.25, 0.3) is 33.6 Å². The number of hydrogen-bond acceptors (Lipinski definition) is 7. The molecule has 0 aliphatic carbocycles. The average Bonchev–Trinajstić information content (AvgIpc) is 3.36. The molecule has 6 nitrogen and oxygen atoms in total. The largest absolute Gasteiger partial charge is 0.462 e. The lowest BCUT2D eigenvalue weighted by Gasteiger charge is -2.17. The molecule has 3 aromatic carbocycles. The molecule has 2 heterocycles. The molecule has 5 rings (SSSR count). The van der Waals surface area contributed by atoms with E-state index in [4.69, 9.17) is 4.74 Å². The van der Waals surface area contributed by atoms with Gasteiger partial charge in [0.25, 0.3) is 0 Å². The van der Waals surface area contributed by atoms with Gasteiger partial charge in [-0.25, -0.2) is 9.78 Å². The highest BCUT2D eigenvalue weighted by atomic mass is 32.1. The predicted molar refractivity (Wildman–Crippen MR) is 144 cm³/mol. The van der Waals surface area contributed by atoms with Crippen LogP contribution in [0.5, 0.6) is 0 Å². The predicted octanol–water partition coefficient (Wildman–Crippen LogP) is 7.16. The lowest BCUT2D eigenvalue weighted by Crippen LogP contribution is -2.13. The van der Waals surface area contributed by atoms with Crippen LogP contribution in [0, 0.1) is 6.92 Å². The Hall–Kier alpha value is -4.36. The van der Waals surface area contributed by atoms with Gasteiger partial charge in [0.15, 0.2) is 5.82 Å². The van der Waals surface area contributed by atoms with Crippen LogP contribution in [0.4, 0.5) is 11.5 Å². The van der Waals surface area contributed by atoms with Crippen molar-refractivity contribution in [2.75, 3.05) is 11.9 Å². The topological polar surface area (TPSA) is 77.0 Å². The van der Waals surface area contributed by atoms with Crippen molar-refractivity contribution in [3.8, 4) is 33.6 Å². The molecule has 0 spiro atoms. The van der Waals surface area contributed by atoms with Crippen molar-refractivity contribution in [1.29, 1.82) is 0 Å². The molecule has 0 bridgehead atoms. The number of anilines is 2. The third kappa shape index (κ3) is 4.87. The van der Waals surface area contributed by atoms with Crippen molar-refractivity contribution in [1.82, 2.24) is 15.2 Å². The maximum atomic E-state index is 13.3. The average molecular weight is 493 g/mol. The number of aryl methyl sites for hydroxylation is 1. The Kier molecular flexibility index (Phi) is 6.82. The second kappa shape index (κ2) is 10.5. The van der Waals surface area contributed by atoms with Crippen molar-refractivity contribution < 1.29 is 9.53 Å². The lowest BCUT2D eigenvalue weighted by atomic mass is 9.95. The smallest absolute Gasteiger partial charge is 0.342 e. The number of thiazole rings is 1. The Balaban J connectivity index is 1.62. The van der Waals surface area contributed by atoms with E-state index in [1.54, 1.807) is 18.3 Å². The first-order valence-corrected chi connectivity index (χ1v) is 12.5. The first kappa shape index (κ1) is 23.4. The van der Waals surface area contributed by atoms with Gasteiger partial charge in [-0.2, -0.15) is 0 Å². The van der Waals surface area contributed by atoms with Gasteiger partial charge in [-0.3, -0.25) is 0 Å². The maximum Gasteiger partial charge on any atom is 0.342 e. The Morgan fingerprint density at radius 2 is 1.53 bits per heavy atom. The second-order valence-corrected chi connectivity index (χ2v) is 9.12. The molecule has 0 unspecified atom stereocenters. The number of carbonyl (C=O) groups is 1. The van der Waals surface area contributed by atoms with Gasteiger partial charge < -0.3 is 10.1 Å². The number of hydrogen-bond donors (Lipinski definition) is 1. The van der Waals surface area contributed by atoms with Crippen molar-refractivity contribution >= 4 is 28.8 Å². The van der Waals surface area contributed by atoms with E-state index in [9.17, 15) is 4.79 Å². The minimum absolute atomic E-state index is 0.247. The third-order valence-corrected chi connectivity index (χ3v) is 6.40. The SMILES string of the molecule is CCOC(=O)c1c(Nc2ccc(-c3csc(C)n3)cc2)nnc(-c2ccccc2)c1-c1ccccc1. The molecule has 0 aliphatic heterocycles. The fourth-order valence-electron chi connectivity index (χ4n) is 3.97.